The van der Waals surface area contributed by atoms with E-state index in [0.717, 1.165) is 34.2 Å². The highest BCUT2D eigenvalue weighted by molar-refractivity contribution is 9.10. The van der Waals surface area contributed by atoms with Crippen LogP contribution in [-0.4, -0.2) is 46.1 Å². The zero-order valence-corrected chi connectivity index (χ0v) is 17.1. The van der Waals surface area contributed by atoms with E-state index < -0.39 is 12.1 Å². The fraction of sp³-hybridized carbons (Fsp3) is 0.526. The Morgan fingerprint density at radius 1 is 1.37 bits per heavy atom. The summed E-state index contributed by atoms with van der Waals surface area (Å²) in [5, 5.41) is 2.70. The maximum absolute atomic E-state index is 13.3. The van der Waals surface area contributed by atoms with Crippen LogP contribution in [0, 0.1) is 11.8 Å². The topological polar surface area (TPSA) is 87.3 Å². The third-order valence-corrected chi connectivity index (χ3v) is 6.17. The Labute approximate surface area is 166 Å². The first kappa shape index (κ1) is 18.3. The fourth-order valence-electron chi connectivity index (χ4n) is 4.24. The SMILES string of the molecule is COC(=O)NC(C(=O)N1C2CC(C2)C1c1nc2ccc(Br)cc2[nH]1)C(C)C. The molecule has 2 aromatic rings. The van der Waals surface area contributed by atoms with Crippen molar-refractivity contribution < 1.29 is 14.3 Å². The van der Waals surface area contributed by atoms with Gasteiger partial charge in [-0.15, -0.1) is 0 Å². The van der Waals surface area contributed by atoms with Crippen LogP contribution in [0.15, 0.2) is 22.7 Å². The number of aromatic amines is 1. The van der Waals surface area contributed by atoms with Gasteiger partial charge in [-0.05, 0) is 42.9 Å². The maximum atomic E-state index is 13.3. The number of nitrogens with one attached hydrogen (secondary N) is 2. The van der Waals surface area contributed by atoms with Gasteiger partial charge in [0.25, 0.3) is 0 Å². The fourth-order valence-corrected chi connectivity index (χ4v) is 4.60. The molecule has 2 bridgehead atoms. The summed E-state index contributed by atoms with van der Waals surface area (Å²) in [5.74, 6) is 1.13. The van der Waals surface area contributed by atoms with Crippen molar-refractivity contribution in [2.45, 2.75) is 44.8 Å². The molecule has 3 aliphatic rings. The quantitative estimate of drug-likeness (QED) is 0.771. The van der Waals surface area contributed by atoms with Crippen LogP contribution in [0.2, 0.25) is 0 Å². The molecule has 1 saturated carbocycles. The molecule has 2 N–H and O–H groups in total. The molecule has 8 heteroatoms. The summed E-state index contributed by atoms with van der Waals surface area (Å²) >= 11 is 3.48. The van der Waals surface area contributed by atoms with E-state index in [1.807, 2.05) is 36.9 Å². The number of carbonyl (C=O) groups excluding carboxylic acids is 2. The number of hydrogen-bond donors (Lipinski definition) is 2. The van der Waals surface area contributed by atoms with Crippen LogP contribution in [0.25, 0.3) is 11.0 Å². The van der Waals surface area contributed by atoms with Crippen molar-refractivity contribution in [2.75, 3.05) is 7.11 Å². The number of methoxy groups -OCH3 is 1. The average Bonchev–Trinajstić information content (AvgIpc) is 3.27. The molecular formula is C19H23BrN4O3. The van der Waals surface area contributed by atoms with Gasteiger partial charge in [-0.2, -0.15) is 0 Å². The van der Waals surface area contributed by atoms with Gasteiger partial charge in [0, 0.05) is 10.5 Å². The molecule has 27 heavy (non-hydrogen) atoms. The smallest absolute Gasteiger partial charge is 0.407 e. The molecule has 2 unspecified atom stereocenters. The Bertz CT molecular complexity index is 890. The molecule has 3 fully saturated rings. The summed E-state index contributed by atoms with van der Waals surface area (Å²) < 4.78 is 5.68. The Balaban J connectivity index is 1.64. The second kappa shape index (κ2) is 6.82. The Kier molecular flexibility index (Phi) is 4.61. The minimum absolute atomic E-state index is 0.0401. The molecule has 2 saturated heterocycles. The lowest BCUT2D eigenvalue weighted by Crippen LogP contribution is -2.52. The van der Waals surface area contributed by atoms with E-state index in [1.165, 1.54) is 7.11 Å². The first-order chi connectivity index (χ1) is 12.9. The summed E-state index contributed by atoms with van der Waals surface area (Å²) in [7, 11) is 1.30. The summed E-state index contributed by atoms with van der Waals surface area (Å²) in [4.78, 5) is 35.1. The van der Waals surface area contributed by atoms with Gasteiger partial charge in [-0.1, -0.05) is 29.8 Å². The standard InChI is InChI=1S/C19H23BrN4O3/c1-9(2)15(23-19(26)27-3)18(25)24-12-6-10(7-12)16(24)17-21-13-5-4-11(20)8-14(13)22-17/h4-5,8-10,12,15-16H,6-7H2,1-3H3,(H,21,22)(H,23,26). The molecular weight excluding hydrogens is 412 g/mol. The molecule has 0 radical (unpaired) electrons. The Morgan fingerprint density at radius 3 is 2.78 bits per heavy atom. The number of ether oxygens (including phenoxy) is 1. The van der Waals surface area contributed by atoms with Crippen LogP contribution in [0.5, 0.6) is 0 Å². The van der Waals surface area contributed by atoms with E-state index in [9.17, 15) is 9.59 Å². The molecule has 1 aliphatic carbocycles. The zero-order chi connectivity index (χ0) is 19.3. The number of amides is 2. The zero-order valence-electron chi connectivity index (χ0n) is 15.5. The van der Waals surface area contributed by atoms with Gasteiger partial charge in [0.15, 0.2) is 0 Å². The van der Waals surface area contributed by atoms with E-state index in [1.54, 1.807) is 0 Å². The number of benzene rings is 1. The molecule has 0 spiro atoms. The van der Waals surface area contributed by atoms with Crippen molar-refractivity contribution in [3.05, 3.63) is 28.5 Å². The van der Waals surface area contributed by atoms with Crippen LogP contribution < -0.4 is 5.32 Å². The normalized spacial score (nSPS) is 24.8. The monoisotopic (exact) mass is 434 g/mol. The van der Waals surface area contributed by atoms with Crippen molar-refractivity contribution in [2.24, 2.45) is 11.8 Å². The summed E-state index contributed by atoms with van der Waals surface area (Å²) in [6.07, 6.45) is 1.39. The summed E-state index contributed by atoms with van der Waals surface area (Å²) in [5.41, 5.74) is 1.83. The summed E-state index contributed by atoms with van der Waals surface area (Å²) in [6, 6.07) is 5.44. The van der Waals surface area contributed by atoms with Crippen molar-refractivity contribution >= 4 is 39.0 Å². The summed E-state index contributed by atoms with van der Waals surface area (Å²) in [6.45, 7) is 3.85. The van der Waals surface area contributed by atoms with Crippen LogP contribution in [-0.2, 0) is 9.53 Å². The molecule has 3 heterocycles. The maximum Gasteiger partial charge on any atom is 0.407 e. The van der Waals surface area contributed by atoms with Crippen LogP contribution in [0.3, 0.4) is 0 Å². The Morgan fingerprint density at radius 2 is 2.11 bits per heavy atom. The van der Waals surface area contributed by atoms with E-state index in [-0.39, 0.29) is 23.9 Å². The van der Waals surface area contributed by atoms with Gasteiger partial charge in [-0.3, -0.25) is 4.79 Å². The van der Waals surface area contributed by atoms with E-state index in [4.69, 9.17) is 9.72 Å². The van der Waals surface area contributed by atoms with Crippen molar-refractivity contribution in [1.82, 2.24) is 20.2 Å². The van der Waals surface area contributed by atoms with Gasteiger partial charge >= 0.3 is 6.09 Å². The molecule has 5 rings (SSSR count). The lowest BCUT2D eigenvalue weighted by atomic mass is 9.83. The second-order valence-corrected chi connectivity index (χ2v) is 8.63. The van der Waals surface area contributed by atoms with Gasteiger partial charge in [0.05, 0.1) is 24.2 Å². The number of aromatic nitrogens is 2. The van der Waals surface area contributed by atoms with Crippen molar-refractivity contribution in [1.29, 1.82) is 0 Å². The molecule has 2 aliphatic heterocycles. The van der Waals surface area contributed by atoms with Gasteiger partial charge in [0.2, 0.25) is 5.91 Å². The van der Waals surface area contributed by atoms with E-state index >= 15 is 0 Å². The number of carbonyl (C=O) groups is 2. The molecule has 2 amide bonds. The predicted octanol–water partition coefficient (Wildman–Crippen LogP) is 3.37. The highest BCUT2D eigenvalue weighted by Gasteiger charge is 2.55. The number of nitrogens with zero attached hydrogens (tertiary/aromatic N) is 2. The largest absolute Gasteiger partial charge is 0.453 e. The minimum Gasteiger partial charge on any atom is -0.453 e. The number of fused-ring (bicyclic) bond motifs is 2. The Hall–Kier alpha value is -2.09. The predicted molar refractivity (Wildman–Crippen MR) is 104 cm³/mol. The number of imidazole rings is 1. The molecule has 144 valence electrons. The third kappa shape index (κ3) is 3.09. The number of alkyl carbamates (subject to hydrolysis) is 1. The first-order valence-corrected chi connectivity index (χ1v) is 10.00. The van der Waals surface area contributed by atoms with Gasteiger partial charge in [0.1, 0.15) is 11.9 Å². The van der Waals surface area contributed by atoms with E-state index in [0.29, 0.717) is 5.92 Å². The van der Waals surface area contributed by atoms with Crippen molar-refractivity contribution in [3.63, 3.8) is 0 Å². The number of rotatable bonds is 4. The minimum atomic E-state index is -0.613. The van der Waals surface area contributed by atoms with Crippen LogP contribution in [0.1, 0.15) is 38.6 Å². The lowest BCUT2D eigenvalue weighted by molar-refractivity contribution is -0.136. The highest BCUT2D eigenvalue weighted by atomic mass is 79.9. The van der Waals surface area contributed by atoms with Gasteiger partial charge < -0.3 is 19.9 Å². The number of H-pyrrole nitrogens is 1. The van der Waals surface area contributed by atoms with Crippen LogP contribution >= 0.6 is 15.9 Å². The molecule has 2 atom stereocenters. The number of halogens is 1. The highest BCUT2D eigenvalue weighted by Crippen LogP contribution is 2.53. The molecule has 1 aromatic heterocycles. The van der Waals surface area contributed by atoms with Crippen molar-refractivity contribution in [3.8, 4) is 0 Å². The van der Waals surface area contributed by atoms with Gasteiger partial charge in [-0.25, -0.2) is 9.78 Å². The van der Waals surface area contributed by atoms with Crippen LogP contribution in [0.4, 0.5) is 4.79 Å². The van der Waals surface area contributed by atoms with E-state index in [2.05, 4.69) is 26.2 Å². The third-order valence-electron chi connectivity index (χ3n) is 5.68. The number of hydrogen-bond acceptors (Lipinski definition) is 4. The molecule has 1 aromatic carbocycles. The molecule has 7 nitrogen and oxygen atoms in total. The second-order valence-electron chi connectivity index (χ2n) is 7.72. The first-order valence-electron chi connectivity index (χ1n) is 9.21. The lowest BCUT2D eigenvalue weighted by Gasteiger charge is -2.31. The average molecular weight is 435 g/mol.